The summed E-state index contributed by atoms with van der Waals surface area (Å²) in [4.78, 5) is 25.0. The maximum atomic E-state index is 12.8. The van der Waals surface area contributed by atoms with E-state index in [2.05, 4.69) is 38.3 Å². The molecule has 14 atom stereocenters. The molecule has 0 aromatic carbocycles. The van der Waals surface area contributed by atoms with Gasteiger partial charge in [-0.25, -0.2) is 0 Å². The van der Waals surface area contributed by atoms with Crippen LogP contribution in [0.15, 0.2) is 0 Å². The van der Waals surface area contributed by atoms with Crippen LogP contribution in [0.2, 0.25) is 0 Å². The minimum Gasteiger partial charge on any atom is -0.394 e. The van der Waals surface area contributed by atoms with E-state index in [1.54, 1.807) is 0 Å². The summed E-state index contributed by atoms with van der Waals surface area (Å²) < 4.78 is 21.6. The number of carbonyl (C=O) groups is 2. The second-order valence-corrected chi connectivity index (χ2v) is 18.6. The molecule has 0 aromatic rings. The van der Waals surface area contributed by atoms with Gasteiger partial charge in [-0.2, -0.15) is 0 Å². The quantitative estimate of drug-likeness (QED) is 0.0920. The summed E-state index contributed by atoms with van der Waals surface area (Å²) in [5, 5.41) is 44.8. The Kier molecular flexibility index (Phi) is 17.1. The van der Waals surface area contributed by atoms with Crippen molar-refractivity contribution in [2.24, 2.45) is 52.3 Å². The van der Waals surface area contributed by atoms with Crippen molar-refractivity contribution in [1.82, 2.24) is 10.6 Å². The van der Waals surface area contributed by atoms with E-state index in [0.29, 0.717) is 62.5 Å². The van der Waals surface area contributed by atoms with Gasteiger partial charge in [0.25, 0.3) is 0 Å². The molecule has 5 rings (SSSR count). The number of fused-ring (bicyclic) bond motifs is 5. The fourth-order valence-electron chi connectivity index (χ4n) is 12.0. The monoisotopic (exact) mass is 781 g/mol. The van der Waals surface area contributed by atoms with Crippen LogP contribution in [0.25, 0.3) is 0 Å². The van der Waals surface area contributed by atoms with Crippen LogP contribution < -0.4 is 10.6 Å². The van der Waals surface area contributed by atoms with E-state index < -0.39 is 37.3 Å². The number of carbonyl (C=O) groups excluding carboxylic acids is 2. The van der Waals surface area contributed by atoms with Gasteiger partial charge in [0, 0.05) is 25.9 Å². The van der Waals surface area contributed by atoms with Crippen LogP contribution in [0.3, 0.4) is 0 Å². The van der Waals surface area contributed by atoms with E-state index >= 15 is 0 Å². The van der Waals surface area contributed by atoms with Gasteiger partial charge in [-0.3, -0.25) is 9.59 Å². The molecule has 12 heteroatoms. The molecule has 1 heterocycles. The molecule has 6 unspecified atom stereocenters. The molecule has 4 aliphatic carbocycles. The number of amides is 2. The number of rotatable bonds is 21. The molecule has 1 saturated heterocycles. The highest BCUT2D eigenvalue weighted by Crippen LogP contribution is 2.68. The minimum absolute atomic E-state index is 0.00921. The first-order valence-corrected chi connectivity index (χ1v) is 22.0. The summed E-state index contributed by atoms with van der Waals surface area (Å²) >= 11 is 0. The third kappa shape index (κ3) is 11.2. The van der Waals surface area contributed by atoms with Crippen molar-refractivity contribution in [3.63, 3.8) is 0 Å². The van der Waals surface area contributed by atoms with Crippen LogP contribution in [0.5, 0.6) is 0 Å². The normalized spacial score (nSPS) is 39.1. The number of hydrogen-bond donors (Lipinski definition) is 6. The lowest BCUT2D eigenvalue weighted by Gasteiger charge is -2.61. The number of hydrogen-bond acceptors (Lipinski definition) is 10. The van der Waals surface area contributed by atoms with Crippen molar-refractivity contribution in [1.29, 1.82) is 0 Å². The SMILES string of the molecule is C[C@@H]1CC[C@@]2(C)C(CCC3C2CC[C@@]2(C)C3CC[C@@H]2[C@H](C)CCC(=O)NCCCCCC(=O)NCCOCCOCCO[C@H]2OC(CO)[C@@H](O)C(O)[C@H]2O)C1. The third-order valence-corrected chi connectivity index (χ3v) is 15.2. The Morgan fingerprint density at radius 2 is 1.45 bits per heavy atom. The summed E-state index contributed by atoms with van der Waals surface area (Å²) in [6.07, 6.45) is 10.9. The summed E-state index contributed by atoms with van der Waals surface area (Å²) in [6.45, 7) is 12.0. The highest BCUT2D eigenvalue weighted by Gasteiger charge is 2.60. The fourth-order valence-corrected chi connectivity index (χ4v) is 12.0. The summed E-state index contributed by atoms with van der Waals surface area (Å²) in [5.74, 6) is 6.08. The minimum atomic E-state index is -1.48. The Morgan fingerprint density at radius 1 is 0.764 bits per heavy atom. The average molecular weight is 781 g/mol. The second-order valence-electron chi connectivity index (χ2n) is 18.6. The molecule has 0 bridgehead atoms. The first-order valence-electron chi connectivity index (χ1n) is 22.0. The zero-order chi connectivity index (χ0) is 39.6. The van der Waals surface area contributed by atoms with Crippen LogP contribution in [0.1, 0.15) is 124 Å². The summed E-state index contributed by atoms with van der Waals surface area (Å²) in [5.41, 5.74) is 1.02. The fraction of sp³-hybridized carbons (Fsp3) is 0.953. The highest BCUT2D eigenvalue weighted by atomic mass is 16.7. The number of unbranched alkanes of at least 4 members (excludes halogenated alkanes) is 2. The molecule has 5 aliphatic rings. The zero-order valence-corrected chi connectivity index (χ0v) is 34.4. The molecule has 6 N–H and O–H groups in total. The van der Waals surface area contributed by atoms with Crippen molar-refractivity contribution in [2.45, 2.75) is 155 Å². The average Bonchev–Trinajstić information content (AvgIpc) is 3.53. The van der Waals surface area contributed by atoms with E-state index in [4.69, 9.17) is 18.9 Å². The first-order chi connectivity index (χ1) is 26.4. The Balaban J connectivity index is 0.836. The molecule has 5 fully saturated rings. The van der Waals surface area contributed by atoms with Gasteiger partial charge in [0.2, 0.25) is 11.8 Å². The Labute approximate surface area is 330 Å². The van der Waals surface area contributed by atoms with Gasteiger partial charge in [-0.1, -0.05) is 40.5 Å². The van der Waals surface area contributed by atoms with E-state index in [-0.39, 0.29) is 25.0 Å². The van der Waals surface area contributed by atoms with Crippen LogP contribution >= 0.6 is 0 Å². The number of aliphatic hydroxyl groups excluding tert-OH is 4. The second kappa shape index (κ2) is 21.0. The Morgan fingerprint density at radius 3 is 2.24 bits per heavy atom. The van der Waals surface area contributed by atoms with E-state index in [0.717, 1.165) is 61.2 Å². The maximum absolute atomic E-state index is 12.8. The van der Waals surface area contributed by atoms with Crippen LogP contribution in [0, 0.1) is 52.3 Å². The van der Waals surface area contributed by atoms with E-state index in [9.17, 15) is 30.0 Å². The molecule has 55 heavy (non-hydrogen) atoms. The molecule has 2 amide bonds. The molecule has 1 aliphatic heterocycles. The lowest BCUT2D eigenvalue weighted by Crippen LogP contribution is -2.59. The highest BCUT2D eigenvalue weighted by molar-refractivity contribution is 5.76. The van der Waals surface area contributed by atoms with Crippen LogP contribution in [-0.4, -0.2) is 116 Å². The van der Waals surface area contributed by atoms with Gasteiger partial charge in [-0.15, -0.1) is 0 Å². The van der Waals surface area contributed by atoms with Crippen molar-refractivity contribution in [3.8, 4) is 0 Å². The van der Waals surface area contributed by atoms with Crippen molar-refractivity contribution in [3.05, 3.63) is 0 Å². The standard InChI is InChI=1S/C43H76N2O10/c1-28-15-17-42(3)30(26-28)10-11-31-33-13-12-32(43(33,4)18-16-34(31)42)29(2)9-14-37(48)44-19-7-5-6-8-36(47)45-20-21-52-22-23-53-24-25-54-41-40(51)39(50)38(49)35(27-46)55-41/h28-35,38-41,46,49-51H,5-27H2,1-4H3,(H,44,48)(H,45,47)/t28-,29-,30?,31?,32-,33?,34?,35?,38-,39?,40-,41+,42+,43-/m1/s1. The molecule has 0 aromatic heterocycles. The Hall–Kier alpha value is -1.38. The van der Waals surface area contributed by atoms with Gasteiger partial charge in [-0.05, 0) is 123 Å². The smallest absolute Gasteiger partial charge is 0.220 e. The number of ether oxygens (including phenoxy) is 4. The third-order valence-electron chi connectivity index (χ3n) is 15.2. The summed E-state index contributed by atoms with van der Waals surface area (Å²) in [6, 6.07) is 0. The van der Waals surface area contributed by atoms with Gasteiger partial charge in [0.15, 0.2) is 6.29 Å². The van der Waals surface area contributed by atoms with Crippen molar-refractivity contribution >= 4 is 11.8 Å². The largest absolute Gasteiger partial charge is 0.394 e. The molecule has 0 radical (unpaired) electrons. The van der Waals surface area contributed by atoms with Gasteiger partial charge >= 0.3 is 0 Å². The molecule has 318 valence electrons. The zero-order valence-electron chi connectivity index (χ0n) is 34.4. The maximum Gasteiger partial charge on any atom is 0.220 e. The molecule has 4 saturated carbocycles. The molecular formula is C43H76N2O10. The number of nitrogens with one attached hydrogen (secondary N) is 2. The van der Waals surface area contributed by atoms with Crippen LogP contribution in [-0.2, 0) is 28.5 Å². The Bertz CT molecular complexity index is 1190. The van der Waals surface area contributed by atoms with Crippen molar-refractivity contribution in [2.75, 3.05) is 52.7 Å². The first kappa shape index (κ1) is 44.7. The van der Waals surface area contributed by atoms with E-state index in [1.165, 1.54) is 57.8 Å². The molecule has 0 spiro atoms. The summed E-state index contributed by atoms with van der Waals surface area (Å²) in [7, 11) is 0. The molecular weight excluding hydrogens is 704 g/mol. The van der Waals surface area contributed by atoms with E-state index in [1.807, 2.05) is 0 Å². The van der Waals surface area contributed by atoms with Crippen LogP contribution in [0.4, 0.5) is 0 Å². The lowest BCUT2D eigenvalue weighted by molar-refractivity contribution is -0.302. The topological polar surface area (TPSA) is 176 Å². The van der Waals surface area contributed by atoms with Gasteiger partial charge in [0.1, 0.15) is 24.4 Å². The number of aliphatic hydroxyl groups is 4. The van der Waals surface area contributed by atoms with Gasteiger partial charge < -0.3 is 50.0 Å². The molecule has 12 nitrogen and oxygen atoms in total. The predicted octanol–water partition coefficient (Wildman–Crippen LogP) is 4.34. The van der Waals surface area contributed by atoms with Gasteiger partial charge in [0.05, 0.1) is 39.6 Å². The lowest BCUT2D eigenvalue weighted by atomic mass is 9.44. The predicted molar refractivity (Wildman–Crippen MR) is 209 cm³/mol. The van der Waals surface area contributed by atoms with Crippen molar-refractivity contribution < 1.29 is 49.0 Å².